The second-order valence-electron chi connectivity index (χ2n) is 4.65. The van der Waals surface area contributed by atoms with Crippen LogP contribution >= 0.6 is 0 Å². The van der Waals surface area contributed by atoms with E-state index in [0.717, 1.165) is 22.5 Å². The number of H-pyrrole nitrogens is 1. The number of benzene rings is 2. The van der Waals surface area contributed by atoms with Crippen molar-refractivity contribution >= 4 is 22.3 Å². The summed E-state index contributed by atoms with van der Waals surface area (Å²) in [4.78, 5) is 7.56. The Bertz CT molecular complexity index is 840. The minimum atomic E-state index is 0.430. The van der Waals surface area contributed by atoms with Crippen LogP contribution in [0.5, 0.6) is 5.75 Å². The van der Waals surface area contributed by atoms with Crippen molar-refractivity contribution in [2.45, 2.75) is 0 Å². The molecular weight excluding hydrogens is 276 g/mol. The monoisotopic (exact) mass is 290 g/mol. The van der Waals surface area contributed by atoms with Crippen LogP contribution in [0.1, 0.15) is 5.82 Å². The summed E-state index contributed by atoms with van der Waals surface area (Å²) in [6.07, 6.45) is 1.63. The van der Waals surface area contributed by atoms with Gasteiger partial charge in [0.05, 0.1) is 18.1 Å². The van der Waals surface area contributed by atoms with E-state index in [0.29, 0.717) is 11.4 Å². The zero-order valence-corrected chi connectivity index (χ0v) is 12.0. The van der Waals surface area contributed by atoms with Crippen LogP contribution in [0.4, 0.5) is 5.69 Å². The second-order valence-corrected chi connectivity index (χ2v) is 4.65. The average molecular weight is 290 g/mol. The molecule has 0 unspecified atom stereocenters. The Balaban J connectivity index is 1.88. The van der Waals surface area contributed by atoms with Gasteiger partial charge in [-0.1, -0.05) is 18.2 Å². The Labute approximate surface area is 127 Å². The van der Waals surface area contributed by atoms with Crippen LogP contribution in [0.25, 0.3) is 16.6 Å². The van der Waals surface area contributed by atoms with Gasteiger partial charge in [-0.3, -0.25) is 0 Å². The standard InChI is InChI=1S/C17H14N4O/c1-22-14-6-4-5-13(9-14)19-11-12(10-18)17-20-15-7-2-3-8-16(15)21-17/h2-9,11,19H,1H3,(H,20,21). The van der Waals surface area contributed by atoms with E-state index in [2.05, 4.69) is 21.4 Å². The molecule has 22 heavy (non-hydrogen) atoms. The average Bonchev–Trinajstić information content (AvgIpc) is 2.99. The van der Waals surface area contributed by atoms with E-state index < -0.39 is 0 Å². The molecule has 1 aromatic heterocycles. The van der Waals surface area contributed by atoms with E-state index in [-0.39, 0.29) is 0 Å². The first-order chi connectivity index (χ1) is 10.8. The maximum absolute atomic E-state index is 9.34. The number of hydrogen-bond donors (Lipinski definition) is 2. The number of methoxy groups -OCH3 is 1. The molecular formula is C17H14N4O. The van der Waals surface area contributed by atoms with Crippen molar-refractivity contribution in [1.29, 1.82) is 5.26 Å². The Kier molecular flexibility index (Phi) is 3.75. The normalized spacial score (nSPS) is 11.2. The third kappa shape index (κ3) is 2.76. The summed E-state index contributed by atoms with van der Waals surface area (Å²) in [5.74, 6) is 1.29. The van der Waals surface area contributed by atoms with Crippen LogP contribution in [-0.4, -0.2) is 17.1 Å². The summed E-state index contributed by atoms with van der Waals surface area (Å²) in [5, 5.41) is 12.4. The number of nitrogens with one attached hydrogen (secondary N) is 2. The Morgan fingerprint density at radius 1 is 1.27 bits per heavy atom. The number of imidazole rings is 1. The van der Waals surface area contributed by atoms with Crippen molar-refractivity contribution in [2.75, 3.05) is 12.4 Å². The number of fused-ring (bicyclic) bond motifs is 1. The van der Waals surface area contributed by atoms with E-state index in [1.165, 1.54) is 0 Å². The number of nitriles is 1. The highest BCUT2D eigenvalue weighted by atomic mass is 16.5. The van der Waals surface area contributed by atoms with Gasteiger partial charge in [0.2, 0.25) is 0 Å². The van der Waals surface area contributed by atoms with Gasteiger partial charge < -0.3 is 15.0 Å². The Hall–Kier alpha value is -3.26. The lowest BCUT2D eigenvalue weighted by molar-refractivity contribution is 0.415. The predicted octanol–water partition coefficient (Wildman–Crippen LogP) is 3.55. The quantitative estimate of drug-likeness (QED) is 0.721. The zero-order valence-electron chi connectivity index (χ0n) is 12.0. The highest BCUT2D eigenvalue weighted by molar-refractivity contribution is 5.82. The van der Waals surface area contributed by atoms with Crippen LogP contribution in [-0.2, 0) is 0 Å². The molecule has 0 saturated carbocycles. The van der Waals surface area contributed by atoms with Crippen molar-refractivity contribution in [3.05, 3.63) is 60.6 Å². The van der Waals surface area contributed by atoms with Gasteiger partial charge in [0, 0.05) is 18.0 Å². The van der Waals surface area contributed by atoms with Crippen molar-refractivity contribution in [1.82, 2.24) is 9.97 Å². The molecule has 0 fully saturated rings. The second kappa shape index (κ2) is 6.02. The van der Waals surface area contributed by atoms with Gasteiger partial charge in [-0.2, -0.15) is 5.26 Å². The molecule has 0 aliphatic carbocycles. The van der Waals surface area contributed by atoms with Gasteiger partial charge in [-0.25, -0.2) is 4.98 Å². The first-order valence-corrected chi connectivity index (χ1v) is 6.76. The molecule has 0 aliphatic heterocycles. The molecule has 5 nitrogen and oxygen atoms in total. The summed E-state index contributed by atoms with van der Waals surface area (Å²) in [5.41, 5.74) is 3.00. The van der Waals surface area contributed by atoms with Gasteiger partial charge >= 0.3 is 0 Å². The molecule has 0 amide bonds. The van der Waals surface area contributed by atoms with E-state index in [1.807, 2.05) is 48.5 Å². The van der Waals surface area contributed by atoms with Gasteiger partial charge in [0.25, 0.3) is 0 Å². The topological polar surface area (TPSA) is 73.7 Å². The van der Waals surface area contributed by atoms with E-state index in [9.17, 15) is 5.26 Å². The van der Waals surface area contributed by atoms with Crippen LogP contribution in [0.3, 0.4) is 0 Å². The summed E-state index contributed by atoms with van der Waals surface area (Å²) in [6.45, 7) is 0. The van der Waals surface area contributed by atoms with E-state index >= 15 is 0 Å². The summed E-state index contributed by atoms with van der Waals surface area (Å²) >= 11 is 0. The van der Waals surface area contributed by atoms with Gasteiger partial charge in [0.1, 0.15) is 17.4 Å². The number of rotatable bonds is 4. The van der Waals surface area contributed by atoms with Crippen LogP contribution in [0.15, 0.2) is 54.7 Å². The number of aromatic amines is 1. The fraction of sp³-hybridized carbons (Fsp3) is 0.0588. The Morgan fingerprint density at radius 2 is 2.14 bits per heavy atom. The molecule has 2 aromatic carbocycles. The van der Waals surface area contributed by atoms with Crippen LogP contribution in [0.2, 0.25) is 0 Å². The summed E-state index contributed by atoms with van der Waals surface area (Å²) in [6, 6.07) is 17.3. The third-order valence-electron chi connectivity index (χ3n) is 3.22. The highest BCUT2D eigenvalue weighted by Crippen LogP contribution is 2.19. The predicted molar refractivity (Wildman–Crippen MR) is 86.3 cm³/mol. The highest BCUT2D eigenvalue weighted by Gasteiger charge is 2.07. The van der Waals surface area contributed by atoms with Gasteiger partial charge in [-0.15, -0.1) is 0 Å². The fourth-order valence-electron chi connectivity index (χ4n) is 2.10. The maximum atomic E-state index is 9.34. The van der Waals surface area contributed by atoms with Crippen molar-refractivity contribution in [2.24, 2.45) is 0 Å². The Morgan fingerprint density at radius 3 is 2.91 bits per heavy atom. The van der Waals surface area contributed by atoms with Crippen molar-refractivity contribution in [3.63, 3.8) is 0 Å². The SMILES string of the molecule is COc1cccc(NC=C(C#N)c2nc3ccccc3[nH]2)c1. The van der Waals surface area contributed by atoms with Gasteiger partial charge in [0.15, 0.2) is 5.82 Å². The first kappa shape index (κ1) is 13.7. The minimum Gasteiger partial charge on any atom is -0.497 e. The van der Waals surface area contributed by atoms with Crippen molar-refractivity contribution < 1.29 is 4.74 Å². The lowest BCUT2D eigenvalue weighted by Crippen LogP contribution is -1.93. The van der Waals surface area contributed by atoms with Crippen LogP contribution < -0.4 is 10.1 Å². The number of hydrogen-bond acceptors (Lipinski definition) is 4. The fourth-order valence-corrected chi connectivity index (χ4v) is 2.10. The number of nitrogens with zero attached hydrogens (tertiary/aromatic N) is 2. The smallest absolute Gasteiger partial charge is 0.150 e. The molecule has 5 heteroatoms. The third-order valence-corrected chi connectivity index (χ3v) is 3.22. The van der Waals surface area contributed by atoms with Gasteiger partial charge in [-0.05, 0) is 24.3 Å². The number of para-hydroxylation sites is 2. The summed E-state index contributed by atoms with van der Waals surface area (Å²) in [7, 11) is 1.62. The van der Waals surface area contributed by atoms with Crippen molar-refractivity contribution in [3.8, 4) is 11.8 Å². The van der Waals surface area contributed by atoms with E-state index in [1.54, 1.807) is 13.3 Å². The largest absolute Gasteiger partial charge is 0.497 e. The molecule has 3 rings (SSSR count). The molecule has 0 atom stereocenters. The maximum Gasteiger partial charge on any atom is 0.150 e. The lowest BCUT2D eigenvalue weighted by atomic mass is 10.2. The van der Waals surface area contributed by atoms with Crippen LogP contribution in [0, 0.1) is 11.3 Å². The zero-order chi connectivity index (χ0) is 15.4. The molecule has 108 valence electrons. The molecule has 0 spiro atoms. The van der Waals surface area contributed by atoms with E-state index in [4.69, 9.17) is 4.74 Å². The summed E-state index contributed by atoms with van der Waals surface area (Å²) < 4.78 is 5.17. The number of allylic oxidation sites excluding steroid dienone is 1. The number of anilines is 1. The number of aromatic nitrogens is 2. The molecule has 0 radical (unpaired) electrons. The minimum absolute atomic E-state index is 0.430. The molecule has 0 bridgehead atoms. The molecule has 2 N–H and O–H groups in total. The lowest BCUT2D eigenvalue weighted by Gasteiger charge is -2.04. The molecule has 3 aromatic rings. The molecule has 0 saturated heterocycles. The molecule has 0 aliphatic rings. The molecule has 1 heterocycles. The number of ether oxygens (including phenoxy) is 1. The first-order valence-electron chi connectivity index (χ1n) is 6.76.